The van der Waals surface area contributed by atoms with Crippen LogP contribution in [0.25, 0.3) is 0 Å². The topological polar surface area (TPSA) is 60.5 Å². The fourth-order valence-electron chi connectivity index (χ4n) is 4.65. The molecule has 0 saturated carbocycles. The Morgan fingerprint density at radius 3 is 2.76 bits per heavy atom. The lowest BCUT2D eigenvalue weighted by atomic mass is 9.81. The molecule has 3 heterocycles. The van der Waals surface area contributed by atoms with Crippen LogP contribution in [0.2, 0.25) is 0 Å². The number of hydrogen-bond acceptors (Lipinski definition) is 5. The van der Waals surface area contributed by atoms with E-state index in [0.29, 0.717) is 23.4 Å². The summed E-state index contributed by atoms with van der Waals surface area (Å²) in [7, 11) is 3.58. The van der Waals surface area contributed by atoms with E-state index >= 15 is 0 Å². The Balaban J connectivity index is 1.55. The molecule has 2 N–H and O–H groups in total. The Labute approximate surface area is 173 Å². The van der Waals surface area contributed by atoms with Gasteiger partial charge in [-0.25, -0.2) is 4.98 Å². The molecule has 29 heavy (non-hydrogen) atoms. The number of nitrogens with zero attached hydrogens (tertiary/aromatic N) is 3. The van der Waals surface area contributed by atoms with Crippen LogP contribution >= 0.6 is 0 Å². The SMILES string of the molecule is Cc1ccc(C2CNNC2C2CCCN(c3ncccc3C(=O)N(C)C)C2)cc1. The highest BCUT2D eigenvalue weighted by Crippen LogP contribution is 2.33. The third-order valence-electron chi connectivity index (χ3n) is 6.22. The van der Waals surface area contributed by atoms with E-state index in [2.05, 4.69) is 51.9 Å². The minimum absolute atomic E-state index is 0.00779. The number of anilines is 1. The summed E-state index contributed by atoms with van der Waals surface area (Å²) in [6.07, 6.45) is 4.08. The number of amides is 1. The van der Waals surface area contributed by atoms with Gasteiger partial charge in [0.25, 0.3) is 5.91 Å². The van der Waals surface area contributed by atoms with Gasteiger partial charge in [-0.1, -0.05) is 29.8 Å². The maximum Gasteiger partial charge on any atom is 0.257 e. The molecule has 4 rings (SSSR count). The van der Waals surface area contributed by atoms with E-state index in [0.717, 1.165) is 31.9 Å². The van der Waals surface area contributed by atoms with E-state index in [-0.39, 0.29) is 5.91 Å². The van der Waals surface area contributed by atoms with Gasteiger partial charge < -0.3 is 9.80 Å². The number of pyridine rings is 1. The molecular weight excluding hydrogens is 362 g/mol. The van der Waals surface area contributed by atoms with Crippen molar-refractivity contribution in [2.24, 2.45) is 5.92 Å². The molecule has 6 heteroatoms. The number of benzene rings is 1. The number of nitrogens with one attached hydrogen (secondary N) is 2. The molecule has 0 spiro atoms. The first kappa shape index (κ1) is 19.9. The van der Waals surface area contributed by atoms with E-state index < -0.39 is 0 Å². The van der Waals surface area contributed by atoms with Gasteiger partial charge in [-0.2, -0.15) is 0 Å². The molecule has 1 aromatic carbocycles. The van der Waals surface area contributed by atoms with E-state index in [1.54, 1.807) is 25.2 Å². The van der Waals surface area contributed by atoms with Crippen molar-refractivity contribution in [1.29, 1.82) is 0 Å². The number of aryl methyl sites for hydroxylation is 1. The van der Waals surface area contributed by atoms with Crippen LogP contribution in [0.15, 0.2) is 42.6 Å². The first-order chi connectivity index (χ1) is 14.0. The van der Waals surface area contributed by atoms with Crippen LogP contribution in [0.3, 0.4) is 0 Å². The van der Waals surface area contributed by atoms with Gasteiger partial charge in [-0.05, 0) is 43.4 Å². The van der Waals surface area contributed by atoms with Crippen molar-refractivity contribution in [3.05, 3.63) is 59.3 Å². The Kier molecular flexibility index (Phi) is 5.83. The van der Waals surface area contributed by atoms with Crippen molar-refractivity contribution in [2.45, 2.75) is 31.7 Å². The van der Waals surface area contributed by atoms with Crippen molar-refractivity contribution >= 4 is 11.7 Å². The zero-order chi connectivity index (χ0) is 20.4. The third kappa shape index (κ3) is 4.14. The summed E-state index contributed by atoms with van der Waals surface area (Å²) in [5.41, 5.74) is 10.3. The summed E-state index contributed by atoms with van der Waals surface area (Å²) in [6.45, 7) is 4.92. The molecule has 2 aromatic rings. The summed E-state index contributed by atoms with van der Waals surface area (Å²) in [5, 5.41) is 0. The molecule has 1 aromatic heterocycles. The zero-order valence-corrected chi connectivity index (χ0v) is 17.6. The Hall–Kier alpha value is -2.44. The van der Waals surface area contributed by atoms with Crippen LogP contribution in [-0.2, 0) is 0 Å². The second-order valence-electron chi connectivity index (χ2n) is 8.49. The zero-order valence-electron chi connectivity index (χ0n) is 17.6. The van der Waals surface area contributed by atoms with Crippen molar-refractivity contribution in [3.8, 4) is 0 Å². The van der Waals surface area contributed by atoms with Crippen LogP contribution in [-0.4, -0.2) is 55.6 Å². The molecule has 2 aliphatic rings. The molecule has 2 saturated heterocycles. The molecule has 154 valence electrons. The number of piperidine rings is 1. The van der Waals surface area contributed by atoms with E-state index in [1.807, 2.05) is 12.1 Å². The lowest BCUT2D eigenvalue weighted by Gasteiger charge is -2.38. The van der Waals surface area contributed by atoms with Crippen LogP contribution in [0.4, 0.5) is 5.82 Å². The smallest absolute Gasteiger partial charge is 0.257 e. The van der Waals surface area contributed by atoms with Gasteiger partial charge in [0.05, 0.1) is 5.56 Å². The van der Waals surface area contributed by atoms with Gasteiger partial charge in [-0.3, -0.25) is 15.6 Å². The predicted molar refractivity (Wildman–Crippen MR) is 116 cm³/mol. The van der Waals surface area contributed by atoms with E-state index in [4.69, 9.17) is 0 Å². The van der Waals surface area contributed by atoms with E-state index in [1.165, 1.54) is 17.5 Å². The monoisotopic (exact) mass is 393 g/mol. The highest BCUT2D eigenvalue weighted by atomic mass is 16.2. The summed E-state index contributed by atoms with van der Waals surface area (Å²) in [6, 6.07) is 13.0. The highest BCUT2D eigenvalue weighted by molar-refractivity contribution is 5.98. The largest absolute Gasteiger partial charge is 0.356 e. The molecule has 2 aliphatic heterocycles. The minimum atomic E-state index is 0.00779. The van der Waals surface area contributed by atoms with Crippen LogP contribution < -0.4 is 15.8 Å². The summed E-state index contributed by atoms with van der Waals surface area (Å²) in [4.78, 5) is 21.2. The minimum Gasteiger partial charge on any atom is -0.356 e. The first-order valence-electron chi connectivity index (χ1n) is 10.5. The summed E-state index contributed by atoms with van der Waals surface area (Å²) < 4.78 is 0. The maximum absolute atomic E-state index is 12.6. The molecule has 3 atom stereocenters. The van der Waals surface area contributed by atoms with Crippen LogP contribution in [0, 0.1) is 12.8 Å². The van der Waals surface area contributed by atoms with Gasteiger partial charge in [0.2, 0.25) is 0 Å². The third-order valence-corrected chi connectivity index (χ3v) is 6.22. The van der Waals surface area contributed by atoms with Crippen LogP contribution in [0.1, 0.15) is 40.2 Å². The number of rotatable bonds is 4. The van der Waals surface area contributed by atoms with Gasteiger partial charge in [-0.15, -0.1) is 0 Å². The summed E-state index contributed by atoms with van der Waals surface area (Å²) in [5.74, 6) is 1.77. The van der Waals surface area contributed by atoms with Crippen molar-refractivity contribution < 1.29 is 4.79 Å². The lowest BCUT2D eigenvalue weighted by molar-refractivity contribution is 0.0827. The normalized spacial score (nSPS) is 24.5. The van der Waals surface area contributed by atoms with Crippen molar-refractivity contribution in [3.63, 3.8) is 0 Å². The molecule has 0 radical (unpaired) electrons. The quantitative estimate of drug-likeness (QED) is 0.836. The van der Waals surface area contributed by atoms with Gasteiger partial charge in [0.1, 0.15) is 5.82 Å². The molecule has 6 nitrogen and oxygen atoms in total. The van der Waals surface area contributed by atoms with Gasteiger partial charge in [0.15, 0.2) is 0 Å². The first-order valence-corrected chi connectivity index (χ1v) is 10.5. The average Bonchev–Trinajstić information content (AvgIpc) is 3.24. The maximum atomic E-state index is 12.6. The summed E-state index contributed by atoms with van der Waals surface area (Å²) >= 11 is 0. The molecule has 1 amide bonds. The lowest BCUT2D eigenvalue weighted by Crippen LogP contribution is -2.47. The Morgan fingerprint density at radius 2 is 2.00 bits per heavy atom. The number of aromatic nitrogens is 1. The van der Waals surface area contributed by atoms with Crippen molar-refractivity contribution in [2.75, 3.05) is 38.6 Å². The Morgan fingerprint density at radius 1 is 1.21 bits per heavy atom. The second-order valence-corrected chi connectivity index (χ2v) is 8.49. The number of hydrazine groups is 1. The van der Waals surface area contributed by atoms with Crippen LogP contribution in [0.5, 0.6) is 0 Å². The molecule has 0 bridgehead atoms. The fraction of sp³-hybridized carbons (Fsp3) is 0.478. The van der Waals surface area contributed by atoms with E-state index in [9.17, 15) is 4.79 Å². The second kappa shape index (κ2) is 8.51. The average molecular weight is 394 g/mol. The molecule has 2 fully saturated rings. The molecule has 0 aliphatic carbocycles. The van der Waals surface area contributed by atoms with Crippen molar-refractivity contribution in [1.82, 2.24) is 20.7 Å². The fourth-order valence-corrected chi connectivity index (χ4v) is 4.65. The van der Waals surface area contributed by atoms with Gasteiger partial charge >= 0.3 is 0 Å². The molecule has 3 unspecified atom stereocenters. The highest BCUT2D eigenvalue weighted by Gasteiger charge is 2.37. The Bertz CT molecular complexity index is 851. The predicted octanol–water partition coefficient (Wildman–Crippen LogP) is 2.57. The molecular formula is C23H31N5O. The van der Waals surface area contributed by atoms with Gasteiger partial charge in [0, 0.05) is 51.9 Å². The number of carbonyl (C=O) groups excluding carboxylic acids is 1. The number of carbonyl (C=O) groups is 1. The number of hydrogen-bond donors (Lipinski definition) is 2. The standard InChI is InChI=1S/C23H31N5O/c1-16-8-10-17(11-9-16)20-14-25-26-21(20)18-6-5-13-28(15-18)22-19(7-4-12-24-22)23(29)27(2)3/h4,7-12,18,20-21,25-26H,5-6,13-15H2,1-3H3.